The molecule has 0 aliphatic carbocycles. The molecule has 0 saturated heterocycles. The first-order chi connectivity index (χ1) is 12.9. The van der Waals surface area contributed by atoms with Crippen molar-refractivity contribution < 1.29 is 29.0 Å². The standard InChI is InChI=1S/C18H29N3O6S/c1-9(2)12(21-17(25)27-18(4,5)6)15-19-11(8-28-15)14(23)20-13(10(3)22)16(24)26-7/h8-10,12-13,22H,1-7H3,(H,20,23)(H,21,25)/t10-,12+,13+/m1/s1. The number of hydrogen-bond acceptors (Lipinski definition) is 8. The van der Waals surface area contributed by atoms with Gasteiger partial charge in [-0.3, -0.25) is 4.79 Å². The summed E-state index contributed by atoms with van der Waals surface area (Å²) in [5.41, 5.74) is -0.560. The molecule has 0 saturated carbocycles. The molecular weight excluding hydrogens is 386 g/mol. The van der Waals surface area contributed by atoms with Crippen LogP contribution in [0.3, 0.4) is 0 Å². The van der Waals surface area contributed by atoms with Crippen LogP contribution in [0.15, 0.2) is 5.38 Å². The van der Waals surface area contributed by atoms with Crippen LogP contribution in [-0.2, 0) is 14.3 Å². The highest BCUT2D eigenvalue weighted by atomic mass is 32.1. The summed E-state index contributed by atoms with van der Waals surface area (Å²) in [6.07, 6.45) is -1.71. The molecule has 0 fully saturated rings. The third-order valence-corrected chi connectivity index (χ3v) is 4.51. The molecule has 10 heteroatoms. The highest BCUT2D eigenvalue weighted by Crippen LogP contribution is 2.25. The molecule has 1 aromatic heterocycles. The molecule has 0 unspecified atom stereocenters. The van der Waals surface area contributed by atoms with E-state index in [4.69, 9.17) is 4.74 Å². The zero-order valence-electron chi connectivity index (χ0n) is 17.2. The number of carbonyl (C=O) groups is 3. The van der Waals surface area contributed by atoms with Crippen molar-refractivity contribution in [3.8, 4) is 0 Å². The Balaban J connectivity index is 2.93. The Morgan fingerprint density at radius 1 is 1.18 bits per heavy atom. The molecular formula is C18H29N3O6S. The topological polar surface area (TPSA) is 127 Å². The summed E-state index contributed by atoms with van der Waals surface area (Å²) >= 11 is 1.20. The largest absolute Gasteiger partial charge is 0.467 e. The predicted molar refractivity (Wildman–Crippen MR) is 104 cm³/mol. The van der Waals surface area contributed by atoms with Crippen molar-refractivity contribution in [3.05, 3.63) is 16.1 Å². The number of thiazole rings is 1. The lowest BCUT2D eigenvalue weighted by atomic mass is 10.1. The summed E-state index contributed by atoms with van der Waals surface area (Å²) < 4.78 is 9.86. The first-order valence-corrected chi connectivity index (χ1v) is 9.75. The van der Waals surface area contributed by atoms with E-state index < -0.39 is 41.8 Å². The summed E-state index contributed by atoms with van der Waals surface area (Å²) in [6.45, 7) is 10.5. The van der Waals surface area contributed by atoms with Crippen molar-refractivity contribution in [1.29, 1.82) is 0 Å². The Morgan fingerprint density at radius 2 is 1.79 bits per heavy atom. The molecule has 28 heavy (non-hydrogen) atoms. The number of hydrogen-bond donors (Lipinski definition) is 3. The van der Waals surface area contributed by atoms with Crippen LogP contribution in [0.25, 0.3) is 0 Å². The van der Waals surface area contributed by atoms with E-state index in [0.717, 1.165) is 0 Å². The monoisotopic (exact) mass is 415 g/mol. The number of carbonyl (C=O) groups excluding carboxylic acids is 3. The molecule has 0 aliphatic rings. The minimum Gasteiger partial charge on any atom is -0.467 e. The van der Waals surface area contributed by atoms with Crippen molar-refractivity contribution >= 4 is 29.3 Å². The van der Waals surface area contributed by atoms with Gasteiger partial charge in [0.1, 0.15) is 16.3 Å². The number of nitrogens with one attached hydrogen (secondary N) is 2. The van der Waals surface area contributed by atoms with Gasteiger partial charge in [0.15, 0.2) is 6.04 Å². The lowest BCUT2D eigenvalue weighted by Gasteiger charge is -2.24. The fraction of sp³-hybridized carbons (Fsp3) is 0.667. The Labute approximate surface area is 168 Å². The van der Waals surface area contributed by atoms with Crippen molar-refractivity contribution in [2.75, 3.05) is 7.11 Å². The molecule has 3 atom stereocenters. The van der Waals surface area contributed by atoms with E-state index in [-0.39, 0.29) is 11.6 Å². The van der Waals surface area contributed by atoms with Gasteiger partial charge in [0.25, 0.3) is 5.91 Å². The second kappa shape index (κ2) is 9.83. The number of aromatic nitrogens is 1. The second-order valence-electron chi connectivity index (χ2n) is 7.65. The van der Waals surface area contributed by atoms with Crippen molar-refractivity contribution in [3.63, 3.8) is 0 Å². The highest BCUT2D eigenvalue weighted by molar-refractivity contribution is 7.09. The smallest absolute Gasteiger partial charge is 0.408 e. The predicted octanol–water partition coefficient (Wildman–Crippen LogP) is 2.02. The molecule has 1 aromatic rings. The number of nitrogens with zero attached hydrogens (tertiary/aromatic N) is 1. The van der Waals surface area contributed by atoms with E-state index in [1.807, 2.05) is 13.8 Å². The first kappa shape index (κ1) is 23.8. The van der Waals surface area contributed by atoms with Gasteiger partial charge in [-0.25, -0.2) is 14.6 Å². The number of amides is 2. The molecule has 2 amide bonds. The third kappa shape index (κ3) is 7.08. The van der Waals surface area contributed by atoms with Gasteiger partial charge in [0, 0.05) is 5.38 Å². The van der Waals surface area contributed by atoms with Crippen molar-refractivity contribution in [2.24, 2.45) is 5.92 Å². The zero-order valence-corrected chi connectivity index (χ0v) is 18.0. The van der Waals surface area contributed by atoms with Gasteiger partial charge >= 0.3 is 12.1 Å². The van der Waals surface area contributed by atoms with Gasteiger partial charge in [-0.15, -0.1) is 11.3 Å². The van der Waals surface area contributed by atoms with Gasteiger partial charge < -0.3 is 25.2 Å². The third-order valence-electron chi connectivity index (χ3n) is 3.58. The van der Waals surface area contributed by atoms with Gasteiger partial charge in [0.2, 0.25) is 0 Å². The second-order valence-corrected chi connectivity index (χ2v) is 8.54. The fourth-order valence-electron chi connectivity index (χ4n) is 2.20. The number of aliphatic hydroxyl groups is 1. The maximum atomic E-state index is 12.4. The number of esters is 1. The number of rotatable bonds is 7. The van der Waals surface area contributed by atoms with E-state index in [1.54, 1.807) is 20.8 Å². The summed E-state index contributed by atoms with van der Waals surface area (Å²) in [7, 11) is 1.17. The normalized spacial score (nSPS) is 14.8. The Hall–Kier alpha value is -2.20. The van der Waals surface area contributed by atoms with Crippen molar-refractivity contribution in [2.45, 2.75) is 65.3 Å². The lowest BCUT2D eigenvalue weighted by Crippen LogP contribution is -2.48. The van der Waals surface area contributed by atoms with Crippen molar-refractivity contribution in [1.82, 2.24) is 15.6 Å². The first-order valence-electron chi connectivity index (χ1n) is 8.87. The van der Waals surface area contributed by atoms with Crippen LogP contribution >= 0.6 is 11.3 Å². The molecule has 9 nitrogen and oxygen atoms in total. The van der Waals surface area contributed by atoms with Crippen LogP contribution in [-0.4, -0.2) is 52.9 Å². The average Bonchev–Trinajstić information content (AvgIpc) is 3.04. The number of ether oxygens (including phenoxy) is 2. The quantitative estimate of drug-likeness (QED) is 0.581. The van der Waals surface area contributed by atoms with Crippen LogP contribution in [0.2, 0.25) is 0 Å². The number of alkyl carbamates (subject to hydrolysis) is 1. The molecule has 158 valence electrons. The molecule has 0 radical (unpaired) electrons. The molecule has 3 N–H and O–H groups in total. The number of aliphatic hydroxyl groups excluding tert-OH is 1. The zero-order chi connectivity index (χ0) is 21.6. The Bertz CT molecular complexity index is 696. The van der Waals surface area contributed by atoms with Gasteiger partial charge in [-0.2, -0.15) is 0 Å². The minimum absolute atomic E-state index is 0.00476. The average molecular weight is 416 g/mol. The van der Waals surface area contributed by atoms with Gasteiger partial charge in [-0.05, 0) is 33.6 Å². The van der Waals surface area contributed by atoms with Crippen LogP contribution in [0, 0.1) is 5.92 Å². The van der Waals surface area contributed by atoms with Crippen LogP contribution < -0.4 is 10.6 Å². The van der Waals surface area contributed by atoms with Crippen LogP contribution in [0.1, 0.15) is 63.1 Å². The van der Waals surface area contributed by atoms with Gasteiger partial charge in [0.05, 0.1) is 19.3 Å². The van der Waals surface area contributed by atoms with Crippen LogP contribution in [0.4, 0.5) is 4.79 Å². The Kier molecular flexibility index (Phi) is 8.37. The fourth-order valence-corrected chi connectivity index (χ4v) is 3.22. The van der Waals surface area contributed by atoms with Gasteiger partial charge in [-0.1, -0.05) is 13.8 Å². The molecule has 0 aliphatic heterocycles. The summed E-state index contributed by atoms with van der Waals surface area (Å²) in [5.74, 6) is -1.39. The highest BCUT2D eigenvalue weighted by Gasteiger charge is 2.29. The van der Waals surface area contributed by atoms with E-state index in [2.05, 4.69) is 20.4 Å². The summed E-state index contributed by atoms with van der Waals surface area (Å²) in [4.78, 5) is 40.5. The Morgan fingerprint density at radius 3 is 2.25 bits per heavy atom. The van der Waals surface area contributed by atoms with E-state index in [9.17, 15) is 19.5 Å². The minimum atomic E-state index is -1.21. The molecule has 0 bridgehead atoms. The molecule has 0 spiro atoms. The SMILES string of the molecule is COC(=O)[C@@H](NC(=O)c1csc([C@@H](NC(=O)OC(C)(C)C)C(C)C)n1)[C@@H](C)O. The van der Waals surface area contributed by atoms with E-state index >= 15 is 0 Å². The maximum absolute atomic E-state index is 12.4. The van der Waals surface area contributed by atoms with E-state index in [1.165, 1.54) is 30.8 Å². The summed E-state index contributed by atoms with van der Waals surface area (Å²) in [5, 5.41) is 16.9. The molecule has 0 aromatic carbocycles. The maximum Gasteiger partial charge on any atom is 0.408 e. The molecule has 1 rings (SSSR count). The molecule has 1 heterocycles. The lowest BCUT2D eigenvalue weighted by molar-refractivity contribution is -0.145. The van der Waals surface area contributed by atoms with Crippen LogP contribution in [0.5, 0.6) is 0 Å². The number of methoxy groups -OCH3 is 1. The van der Waals surface area contributed by atoms with E-state index in [0.29, 0.717) is 5.01 Å². The summed E-state index contributed by atoms with van der Waals surface area (Å²) in [6, 6.07) is -1.65.